The first-order valence-corrected chi connectivity index (χ1v) is 12.3. The number of hydrogen-bond donors (Lipinski definition) is 2. The van der Waals surface area contributed by atoms with Gasteiger partial charge in [0.25, 0.3) is 11.5 Å². The number of nitrogens with one attached hydrogen (secondary N) is 2. The number of amides is 2. The second-order valence-corrected chi connectivity index (χ2v) is 10.4. The van der Waals surface area contributed by atoms with E-state index in [1.165, 1.54) is 15.6 Å². The highest BCUT2D eigenvalue weighted by molar-refractivity contribution is 6.00. The van der Waals surface area contributed by atoms with Crippen LogP contribution in [0.4, 0.5) is 22.1 Å². The molecule has 2 aliphatic carbocycles. The van der Waals surface area contributed by atoms with E-state index in [1.54, 1.807) is 50.7 Å². The molecule has 2 amide bonds. The molecular weight excluding hydrogens is 462 g/mol. The lowest BCUT2D eigenvalue weighted by molar-refractivity contribution is 0.0587. The van der Waals surface area contributed by atoms with Crippen molar-refractivity contribution in [1.29, 1.82) is 0 Å². The second kappa shape index (κ2) is 8.96. The van der Waals surface area contributed by atoms with Crippen molar-refractivity contribution in [3.63, 3.8) is 0 Å². The topological polar surface area (TPSA) is 123 Å². The molecule has 0 aliphatic heterocycles. The molecule has 11 heteroatoms. The Labute approximate surface area is 208 Å². The van der Waals surface area contributed by atoms with Gasteiger partial charge in [-0.05, 0) is 65.0 Å². The molecule has 0 radical (unpaired) electrons. The molecule has 2 saturated carbocycles. The fourth-order valence-electron chi connectivity index (χ4n) is 4.02. The first-order valence-electron chi connectivity index (χ1n) is 12.3. The van der Waals surface area contributed by atoms with Gasteiger partial charge < -0.3 is 19.9 Å². The number of rotatable bonds is 6. The lowest BCUT2D eigenvalue weighted by Gasteiger charge is -2.28. The third-order valence-corrected chi connectivity index (χ3v) is 6.33. The van der Waals surface area contributed by atoms with Crippen molar-refractivity contribution >= 4 is 35.0 Å². The van der Waals surface area contributed by atoms with Gasteiger partial charge in [-0.15, -0.1) is 0 Å². The van der Waals surface area contributed by atoms with Crippen molar-refractivity contribution in [2.75, 3.05) is 17.3 Å². The van der Waals surface area contributed by atoms with E-state index in [2.05, 4.69) is 20.7 Å². The molecule has 2 N–H and O–H groups in total. The van der Waals surface area contributed by atoms with Crippen molar-refractivity contribution in [3.05, 3.63) is 46.5 Å². The summed E-state index contributed by atoms with van der Waals surface area (Å²) >= 11 is 0. The lowest BCUT2D eigenvalue weighted by Crippen LogP contribution is -2.35. The molecule has 3 heterocycles. The molecule has 0 spiro atoms. The third-order valence-electron chi connectivity index (χ3n) is 6.33. The van der Waals surface area contributed by atoms with E-state index in [0.717, 1.165) is 32.1 Å². The minimum absolute atomic E-state index is 0.147. The van der Waals surface area contributed by atoms with Crippen LogP contribution in [0.5, 0.6) is 0 Å². The number of pyridine rings is 1. The highest BCUT2D eigenvalue weighted by Gasteiger charge is 2.28. The van der Waals surface area contributed by atoms with Crippen LogP contribution in [-0.2, 0) is 4.74 Å². The molecule has 5 rings (SSSR count). The van der Waals surface area contributed by atoms with Crippen LogP contribution in [0.25, 0.3) is 5.65 Å². The predicted molar refractivity (Wildman–Crippen MR) is 135 cm³/mol. The van der Waals surface area contributed by atoms with E-state index in [4.69, 9.17) is 4.74 Å². The zero-order valence-electron chi connectivity index (χ0n) is 20.9. The fourth-order valence-corrected chi connectivity index (χ4v) is 4.02. The van der Waals surface area contributed by atoms with Crippen LogP contribution in [0.15, 0.2) is 35.4 Å². The number of carbonyl (C=O) groups excluding carboxylic acids is 2. The Balaban J connectivity index is 1.55. The molecule has 2 aliphatic rings. The average molecular weight is 494 g/mol. The van der Waals surface area contributed by atoms with Crippen LogP contribution in [0.2, 0.25) is 0 Å². The Morgan fingerprint density at radius 2 is 1.94 bits per heavy atom. The first kappa shape index (κ1) is 23.8. The van der Waals surface area contributed by atoms with Gasteiger partial charge in [0.15, 0.2) is 5.65 Å². The van der Waals surface area contributed by atoms with E-state index in [1.807, 2.05) is 6.07 Å². The van der Waals surface area contributed by atoms with Crippen molar-refractivity contribution in [1.82, 2.24) is 24.5 Å². The van der Waals surface area contributed by atoms with Crippen molar-refractivity contribution in [3.8, 4) is 0 Å². The summed E-state index contributed by atoms with van der Waals surface area (Å²) in [6, 6.07) is 5.48. The van der Waals surface area contributed by atoms with Gasteiger partial charge in [0, 0.05) is 31.4 Å². The molecule has 190 valence electrons. The summed E-state index contributed by atoms with van der Waals surface area (Å²) < 4.78 is 8.70. The minimum atomic E-state index is -0.700. The lowest BCUT2D eigenvalue weighted by atomic mass is 9.93. The number of hydrogen-bond acceptors (Lipinski definition) is 7. The van der Waals surface area contributed by atoms with Gasteiger partial charge in [-0.2, -0.15) is 9.61 Å². The smallest absolute Gasteiger partial charge is 0.415 e. The normalized spacial score (nSPS) is 15.9. The molecule has 0 saturated heterocycles. The van der Waals surface area contributed by atoms with Gasteiger partial charge >= 0.3 is 6.09 Å². The van der Waals surface area contributed by atoms with E-state index in [9.17, 15) is 14.4 Å². The van der Waals surface area contributed by atoms with E-state index >= 15 is 0 Å². The first-order chi connectivity index (χ1) is 17.1. The van der Waals surface area contributed by atoms with Gasteiger partial charge in [0.05, 0.1) is 6.20 Å². The van der Waals surface area contributed by atoms with Crippen LogP contribution in [0, 0.1) is 0 Å². The number of anilines is 3. The Hall–Kier alpha value is -3.89. The average Bonchev–Trinajstić information content (AvgIpc) is 3.48. The van der Waals surface area contributed by atoms with E-state index in [-0.39, 0.29) is 34.8 Å². The number of nitrogens with zero attached hydrogens (tertiary/aromatic N) is 5. The highest BCUT2D eigenvalue weighted by Crippen LogP contribution is 2.31. The molecule has 3 aromatic rings. The Bertz CT molecular complexity index is 1380. The van der Waals surface area contributed by atoms with Crippen LogP contribution in [-0.4, -0.2) is 49.9 Å². The summed E-state index contributed by atoms with van der Waals surface area (Å²) in [6.45, 7) is 5.35. The highest BCUT2D eigenvalue weighted by atomic mass is 16.6. The maximum atomic E-state index is 13.1. The Kier molecular flexibility index (Phi) is 5.93. The zero-order valence-corrected chi connectivity index (χ0v) is 20.9. The summed E-state index contributed by atoms with van der Waals surface area (Å²) in [5.74, 6) is 0.352. The second-order valence-electron chi connectivity index (χ2n) is 10.4. The van der Waals surface area contributed by atoms with Crippen molar-refractivity contribution in [2.24, 2.45) is 0 Å². The van der Waals surface area contributed by atoms with Gasteiger partial charge in [-0.1, -0.05) is 0 Å². The van der Waals surface area contributed by atoms with Gasteiger partial charge in [-0.25, -0.2) is 9.78 Å². The maximum absolute atomic E-state index is 13.1. The SMILES string of the molecule is CN(C(=O)OC(C)(C)C)c1cc(Nc2cccn(C3CCC3)c2=O)nc2c(C(=O)NC3CC3)cnn12. The molecule has 0 bridgehead atoms. The number of aromatic nitrogens is 4. The quantitative estimate of drug-likeness (QED) is 0.538. The zero-order chi connectivity index (χ0) is 25.6. The molecule has 0 unspecified atom stereocenters. The van der Waals surface area contributed by atoms with E-state index < -0.39 is 11.7 Å². The molecule has 3 aromatic heterocycles. The maximum Gasteiger partial charge on any atom is 0.415 e. The monoisotopic (exact) mass is 493 g/mol. The molecule has 0 aromatic carbocycles. The van der Waals surface area contributed by atoms with Crippen molar-refractivity contribution in [2.45, 2.75) is 70.6 Å². The summed E-state index contributed by atoms with van der Waals surface area (Å²) in [7, 11) is 1.56. The Morgan fingerprint density at radius 1 is 1.19 bits per heavy atom. The molecule has 0 atom stereocenters. The third kappa shape index (κ3) is 4.77. The van der Waals surface area contributed by atoms with Crippen LogP contribution in [0.3, 0.4) is 0 Å². The summed E-state index contributed by atoms with van der Waals surface area (Å²) in [4.78, 5) is 44.8. The van der Waals surface area contributed by atoms with Gasteiger partial charge in [0.2, 0.25) is 0 Å². The van der Waals surface area contributed by atoms with E-state index in [0.29, 0.717) is 17.3 Å². The van der Waals surface area contributed by atoms with Gasteiger partial charge in [-0.3, -0.25) is 14.5 Å². The number of carbonyl (C=O) groups is 2. The van der Waals surface area contributed by atoms with Crippen molar-refractivity contribution < 1.29 is 14.3 Å². The van der Waals surface area contributed by atoms with Crippen LogP contribution in [0.1, 0.15) is 69.3 Å². The molecular formula is C25H31N7O4. The number of ether oxygens (including phenoxy) is 1. The summed E-state index contributed by atoms with van der Waals surface area (Å²) in [6.07, 6.45) is 7.60. The predicted octanol–water partition coefficient (Wildman–Crippen LogP) is 3.62. The largest absolute Gasteiger partial charge is 0.443 e. The number of fused-ring (bicyclic) bond motifs is 1. The molecule has 2 fully saturated rings. The Morgan fingerprint density at radius 3 is 2.58 bits per heavy atom. The summed E-state index contributed by atoms with van der Waals surface area (Å²) in [5, 5.41) is 10.4. The van der Waals surface area contributed by atoms with Gasteiger partial charge in [0.1, 0.15) is 28.5 Å². The fraction of sp³-hybridized carbons (Fsp3) is 0.480. The standard InChI is InChI=1S/C25H31N7O4/c1-25(2,3)36-24(35)30(4)20-13-19(28-18-9-6-12-31(23(18)34)16-7-5-8-16)29-21-17(14-26-32(20)21)22(33)27-15-10-11-15/h6,9,12-16H,5,7-8,10-11H2,1-4H3,(H,27,33)(H,28,29). The van der Waals surface area contributed by atoms with Crippen LogP contribution >= 0.6 is 0 Å². The summed E-state index contributed by atoms with van der Waals surface area (Å²) in [5.41, 5.74) is 0.0548. The molecule has 11 nitrogen and oxygen atoms in total. The van der Waals surface area contributed by atoms with Crippen LogP contribution < -0.4 is 21.1 Å². The molecule has 36 heavy (non-hydrogen) atoms. The minimum Gasteiger partial charge on any atom is -0.443 e.